The minimum absolute atomic E-state index is 0.371. The van der Waals surface area contributed by atoms with Gasteiger partial charge in [0.1, 0.15) is 5.78 Å². The fourth-order valence-corrected chi connectivity index (χ4v) is 2.06. The van der Waals surface area contributed by atoms with Crippen LogP contribution in [0.4, 0.5) is 0 Å². The van der Waals surface area contributed by atoms with Gasteiger partial charge in [-0.3, -0.25) is 9.78 Å². The predicted molar refractivity (Wildman–Crippen MR) is 55.2 cm³/mol. The molecule has 2 heteroatoms. The van der Waals surface area contributed by atoms with Crippen molar-refractivity contribution >= 4 is 5.78 Å². The molecule has 1 fully saturated rings. The van der Waals surface area contributed by atoms with Crippen LogP contribution in [0.5, 0.6) is 0 Å². The van der Waals surface area contributed by atoms with Gasteiger partial charge in [0.15, 0.2) is 0 Å². The van der Waals surface area contributed by atoms with E-state index in [2.05, 4.69) is 18.0 Å². The van der Waals surface area contributed by atoms with Gasteiger partial charge in [0.25, 0.3) is 0 Å². The first-order valence-electron chi connectivity index (χ1n) is 5.20. The lowest BCUT2D eigenvalue weighted by molar-refractivity contribution is -0.120. The Kier molecular flexibility index (Phi) is 2.62. The molecule has 1 saturated carbocycles. The first-order chi connectivity index (χ1) is 6.75. The van der Waals surface area contributed by atoms with Crippen LogP contribution in [0.15, 0.2) is 18.3 Å². The number of nitrogens with zero attached hydrogens (tertiary/aromatic N) is 1. The highest BCUT2D eigenvalue weighted by molar-refractivity contribution is 5.80. The zero-order valence-electron chi connectivity index (χ0n) is 8.49. The van der Waals surface area contributed by atoms with Gasteiger partial charge in [-0.2, -0.15) is 0 Å². The molecule has 0 N–H and O–H groups in total. The molecule has 2 nitrogen and oxygen atoms in total. The van der Waals surface area contributed by atoms with Gasteiger partial charge in [-0.25, -0.2) is 0 Å². The van der Waals surface area contributed by atoms with Crippen molar-refractivity contribution in [1.82, 2.24) is 4.98 Å². The van der Waals surface area contributed by atoms with Gasteiger partial charge < -0.3 is 0 Å². The van der Waals surface area contributed by atoms with Crippen LogP contribution in [0.2, 0.25) is 0 Å². The van der Waals surface area contributed by atoms with Crippen molar-refractivity contribution in [3.8, 4) is 0 Å². The van der Waals surface area contributed by atoms with E-state index in [1.165, 1.54) is 5.56 Å². The molecule has 1 unspecified atom stereocenters. The van der Waals surface area contributed by atoms with Crippen LogP contribution in [0.25, 0.3) is 0 Å². The molecule has 0 aliphatic heterocycles. The lowest BCUT2D eigenvalue weighted by atomic mass is 9.85. The third kappa shape index (κ3) is 2.00. The van der Waals surface area contributed by atoms with Crippen LogP contribution in [0.3, 0.4) is 0 Å². The Morgan fingerprint density at radius 3 is 3.07 bits per heavy atom. The minimum atomic E-state index is 0.371. The Balaban J connectivity index is 2.17. The van der Waals surface area contributed by atoms with Gasteiger partial charge in [0.05, 0.1) is 0 Å². The second-order valence-corrected chi connectivity index (χ2v) is 4.09. The molecule has 74 valence electrons. The minimum Gasteiger partial charge on any atom is -0.300 e. The topological polar surface area (TPSA) is 30.0 Å². The normalized spacial score (nSPS) is 22.4. The maximum absolute atomic E-state index is 11.3. The summed E-state index contributed by atoms with van der Waals surface area (Å²) in [5, 5.41) is 0. The quantitative estimate of drug-likeness (QED) is 0.679. The molecular weight excluding hydrogens is 174 g/mol. The Hall–Kier alpha value is -1.18. The summed E-state index contributed by atoms with van der Waals surface area (Å²) in [5.74, 6) is 0.765. The van der Waals surface area contributed by atoms with E-state index in [9.17, 15) is 4.79 Å². The second-order valence-electron chi connectivity index (χ2n) is 4.09. The number of ketones is 1. The molecule has 0 amide bonds. The third-order valence-electron chi connectivity index (χ3n) is 2.84. The SMILES string of the molecule is Cc1ccnc(C2CCCC(=O)C2)c1. The Labute approximate surface area is 84.4 Å². The van der Waals surface area contributed by atoms with E-state index < -0.39 is 0 Å². The van der Waals surface area contributed by atoms with Crippen LogP contribution >= 0.6 is 0 Å². The van der Waals surface area contributed by atoms with Crippen molar-refractivity contribution in [3.05, 3.63) is 29.6 Å². The average molecular weight is 189 g/mol. The number of Topliss-reactive ketones (excluding diaryl/α,β-unsaturated/α-hetero) is 1. The number of hydrogen-bond acceptors (Lipinski definition) is 2. The van der Waals surface area contributed by atoms with Crippen LogP contribution in [0.1, 0.15) is 42.9 Å². The molecule has 1 atom stereocenters. The highest BCUT2D eigenvalue weighted by Gasteiger charge is 2.21. The first kappa shape index (κ1) is 9.38. The highest BCUT2D eigenvalue weighted by Crippen LogP contribution is 2.29. The van der Waals surface area contributed by atoms with Crippen LogP contribution < -0.4 is 0 Å². The standard InChI is InChI=1S/C12H15NO/c1-9-5-6-13-12(7-9)10-3-2-4-11(14)8-10/h5-7,10H,2-4,8H2,1H3. The average Bonchev–Trinajstić information content (AvgIpc) is 2.18. The van der Waals surface area contributed by atoms with Gasteiger partial charge in [-0.05, 0) is 37.5 Å². The summed E-state index contributed by atoms with van der Waals surface area (Å²) in [6.07, 6.45) is 5.43. The lowest BCUT2D eigenvalue weighted by Crippen LogP contribution is -2.14. The van der Waals surface area contributed by atoms with Crippen LogP contribution in [-0.2, 0) is 4.79 Å². The Morgan fingerprint density at radius 2 is 2.36 bits per heavy atom. The number of carbonyl (C=O) groups excluding carboxylic acids is 1. The molecule has 1 heterocycles. The summed E-state index contributed by atoms with van der Waals surface area (Å²) in [6.45, 7) is 2.07. The first-order valence-corrected chi connectivity index (χ1v) is 5.20. The summed E-state index contributed by atoms with van der Waals surface area (Å²) in [7, 11) is 0. The van der Waals surface area contributed by atoms with Crippen molar-refractivity contribution < 1.29 is 4.79 Å². The Morgan fingerprint density at radius 1 is 1.50 bits per heavy atom. The van der Waals surface area contributed by atoms with Gasteiger partial charge >= 0.3 is 0 Å². The summed E-state index contributed by atoms with van der Waals surface area (Å²) in [5.41, 5.74) is 2.33. The number of hydrogen-bond donors (Lipinski definition) is 0. The molecule has 0 bridgehead atoms. The maximum Gasteiger partial charge on any atom is 0.133 e. The molecule has 0 saturated heterocycles. The number of carbonyl (C=O) groups is 1. The molecule has 14 heavy (non-hydrogen) atoms. The zero-order chi connectivity index (χ0) is 9.97. The predicted octanol–water partition coefficient (Wildman–Crippen LogP) is 2.62. The molecule has 0 radical (unpaired) electrons. The number of pyridine rings is 1. The second kappa shape index (κ2) is 3.91. The van der Waals surface area contributed by atoms with Crippen molar-refractivity contribution in [2.75, 3.05) is 0 Å². The van der Waals surface area contributed by atoms with E-state index in [1.807, 2.05) is 12.3 Å². The van der Waals surface area contributed by atoms with Crippen molar-refractivity contribution in [2.24, 2.45) is 0 Å². The fraction of sp³-hybridized carbons (Fsp3) is 0.500. The van der Waals surface area contributed by atoms with Crippen LogP contribution in [-0.4, -0.2) is 10.8 Å². The highest BCUT2D eigenvalue weighted by atomic mass is 16.1. The maximum atomic E-state index is 11.3. The van der Waals surface area contributed by atoms with Crippen LogP contribution in [0, 0.1) is 6.92 Å². The summed E-state index contributed by atoms with van der Waals surface area (Å²) < 4.78 is 0. The van der Waals surface area contributed by atoms with Crippen molar-refractivity contribution in [1.29, 1.82) is 0 Å². The fourth-order valence-electron chi connectivity index (χ4n) is 2.06. The van der Waals surface area contributed by atoms with E-state index in [0.29, 0.717) is 18.1 Å². The monoisotopic (exact) mass is 189 g/mol. The zero-order valence-corrected chi connectivity index (χ0v) is 8.49. The van der Waals surface area contributed by atoms with Crippen molar-refractivity contribution in [3.63, 3.8) is 0 Å². The van der Waals surface area contributed by atoms with Gasteiger partial charge in [-0.15, -0.1) is 0 Å². The number of aryl methyl sites for hydroxylation is 1. The molecule has 0 spiro atoms. The van der Waals surface area contributed by atoms with Crippen molar-refractivity contribution in [2.45, 2.75) is 38.5 Å². The summed E-state index contributed by atoms with van der Waals surface area (Å²) in [6, 6.07) is 4.09. The van der Waals surface area contributed by atoms with E-state index in [1.54, 1.807) is 0 Å². The smallest absolute Gasteiger partial charge is 0.133 e. The molecular formula is C12H15NO. The third-order valence-corrected chi connectivity index (χ3v) is 2.84. The van der Waals surface area contributed by atoms with E-state index in [0.717, 1.165) is 25.0 Å². The van der Waals surface area contributed by atoms with E-state index in [-0.39, 0.29) is 0 Å². The molecule has 1 aliphatic carbocycles. The Bertz CT molecular complexity index is 346. The number of aromatic nitrogens is 1. The molecule has 2 rings (SSSR count). The summed E-state index contributed by atoms with van der Waals surface area (Å²) in [4.78, 5) is 15.6. The lowest BCUT2D eigenvalue weighted by Gasteiger charge is -2.20. The van der Waals surface area contributed by atoms with E-state index >= 15 is 0 Å². The molecule has 0 aromatic carbocycles. The molecule has 1 aliphatic rings. The van der Waals surface area contributed by atoms with E-state index in [4.69, 9.17) is 0 Å². The molecule has 1 aromatic heterocycles. The largest absolute Gasteiger partial charge is 0.300 e. The molecule has 1 aromatic rings. The summed E-state index contributed by atoms with van der Waals surface area (Å²) >= 11 is 0. The van der Waals surface area contributed by atoms with Gasteiger partial charge in [0, 0.05) is 30.7 Å². The number of rotatable bonds is 1. The van der Waals surface area contributed by atoms with Gasteiger partial charge in [-0.1, -0.05) is 0 Å². The van der Waals surface area contributed by atoms with Gasteiger partial charge in [0.2, 0.25) is 0 Å².